The van der Waals surface area contributed by atoms with Gasteiger partial charge in [0.15, 0.2) is 0 Å². The van der Waals surface area contributed by atoms with Crippen molar-refractivity contribution >= 4 is 11.8 Å². The second-order valence-corrected chi connectivity index (χ2v) is 4.75. The quantitative estimate of drug-likeness (QED) is 0.849. The molecule has 0 spiro atoms. The maximum Gasteiger partial charge on any atom is 0.270 e. The number of nitrogens with zero attached hydrogens (tertiary/aromatic N) is 2. The van der Waals surface area contributed by atoms with E-state index in [0.717, 1.165) is 0 Å². The fourth-order valence-corrected chi connectivity index (χ4v) is 2.09. The minimum Gasteiger partial charge on any atom is -0.497 e. The second-order valence-electron chi connectivity index (χ2n) is 4.75. The lowest BCUT2D eigenvalue weighted by Gasteiger charge is -2.32. The van der Waals surface area contributed by atoms with E-state index in [4.69, 9.17) is 9.47 Å². The summed E-state index contributed by atoms with van der Waals surface area (Å²) in [5.74, 6) is 0.299. The maximum absolute atomic E-state index is 12.0. The third-order valence-electron chi connectivity index (χ3n) is 3.27. The number of methoxy groups -OCH3 is 1. The van der Waals surface area contributed by atoms with E-state index in [2.05, 4.69) is 10.3 Å². The Balaban J connectivity index is 1.87. The summed E-state index contributed by atoms with van der Waals surface area (Å²) in [6.07, 6.45) is 1.32. The highest BCUT2D eigenvalue weighted by atomic mass is 16.5. The molecule has 1 fully saturated rings. The fourth-order valence-electron chi connectivity index (χ4n) is 2.09. The van der Waals surface area contributed by atoms with E-state index in [1.165, 1.54) is 20.2 Å². The van der Waals surface area contributed by atoms with Crippen molar-refractivity contribution in [2.24, 2.45) is 0 Å². The highest BCUT2D eigenvalue weighted by molar-refractivity contribution is 5.92. The van der Waals surface area contributed by atoms with Crippen LogP contribution in [0.1, 0.15) is 17.4 Å². The number of nitrogens with one attached hydrogen (secondary N) is 1. The third-order valence-corrected chi connectivity index (χ3v) is 3.27. The van der Waals surface area contributed by atoms with Gasteiger partial charge in [-0.2, -0.15) is 0 Å². The van der Waals surface area contributed by atoms with Gasteiger partial charge < -0.3 is 19.7 Å². The summed E-state index contributed by atoms with van der Waals surface area (Å²) < 4.78 is 10.6. The van der Waals surface area contributed by atoms with E-state index in [9.17, 15) is 9.59 Å². The molecule has 1 aromatic rings. The van der Waals surface area contributed by atoms with Crippen LogP contribution in [-0.4, -0.2) is 61.2 Å². The van der Waals surface area contributed by atoms with Crippen LogP contribution < -0.4 is 10.1 Å². The summed E-state index contributed by atoms with van der Waals surface area (Å²) in [5, 5.41) is 2.76. The maximum atomic E-state index is 12.0. The summed E-state index contributed by atoms with van der Waals surface area (Å²) in [7, 11) is 1.53. The minimum atomic E-state index is -0.294. The highest BCUT2D eigenvalue weighted by Crippen LogP contribution is 2.10. The predicted molar refractivity (Wildman–Crippen MR) is 75.1 cm³/mol. The summed E-state index contributed by atoms with van der Waals surface area (Å²) in [6, 6.07) is 3.24. The molecule has 0 unspecified atom stereocenters. The average molecular weight is 293 g/mol. The first-order chi connectivity index (χ1) is 10.1. The van der Waals surface area contributed by atoms with Crippen LogP contribution in [0.25, 0.3) is 0 Å². The van der Waals surface area contributed by atoms with Crippen molar-refractivity contribution in [3.8, 4) is 5.75 Å². The Kier molecular flexibility index (Phi) is 5.10. The fraction of sp³-hybridized carbons (Fsp3) is 0.500. The lowest BCUT2D eigenvalue weighted by atomic mass is 10.2. The first-order valence-corrected chi connectivity index (χ1v) is 6.75. The normalized spacial score (nSPS) is 18.2. The molecule has 7 heteroatoms. The van der Waals surface area contributed by atoms with Gasteiger partial charge in [-0.05, 0) is 6.07 Å². The third kappa shape index (κ3) is 4.16. The molecule has 2 heterocycles. The molecule has 0 aliphatic carbocycles. The molecule has 1 aliphatic heterocycles. The number of hydrogen-bond donors (Lipinski definition) is 1. The lowest BCUT2D eigenvalue weighted by molar-refractivity contribution is -0.136. The number of morpholine rings is 1. The second kappa shape index (κ2) is 7.03. The molecule has 2 amide bonds. The largest absolute Gasteiger partial charge is 0.497 e. The molecule has 0 aromatic carbocycles. The zero-order chi connectivity index (χ0) is 15.2. The molecule has 2 rings (SSSR count). The van der Waals surface area contributed by atoms with Gasteiger partial charge in [-0.3, -0.25) is 14.6 Å². The topological polar surface area (TPSA) is 80.8 Å². The summed E-state index contributed by atoms with van der Waals surface area (Å²) in [4.78, 5) is 29.0. The summed E-state index contributed by atoms with van der Waals surface area (Å²) in [6.45, 7) is 3.43. The van der Waals surface area contributed by atoms with E-state index < -0.39 is 0 Å². The smallest absolute Gasteiger partial charge is 0.270 e. The molecule has 0 radical (unpaired) electrons. The molecule has 1 saturated heterocycles. The highest BCUT2D eigenvalue weighted by Gasteiger charge is 2.22. The standard InChI is InChI=1S/C14H19N3O4/c1-10(18)17-5-6-21-12(9-17)8-16-14(19)13-7-11(20-2)3-4-15-13/h3-4,7,12H,5-6,8-9H2,1-2H3,(H,16,19)/t12-/m1/s1. The molecule has 1 N–H and O–H groups in total. The van der Waals surface area contributed by atoms with Crippen molar-refractivity contribution in [2.75, 3.05) is 33.4 Å². The molecule has 0 saturated carbocycles. The van der Waals surface area contributed by atoms with Crippen LogP contribution in [0, 0.1) is 0 Å². The number of hydrogen-bond acceptors (Lipinski definition) is 5. The van der Waals surface area contributed by atoms with Crippen molar-refractivity contribution in [3.63, 3.8) is 0 Å². The van der Waals surface area contributed by atoms with Crippen molar-refractivity contribution in [3.05, 3.63) is 24.0 Å². The van der Waals surface area contributed by atoms with Gasteiger partial charge in [0.2, 0.25) is 5.91 Å². The van der Waals surface area contributed by atoms with Gasteiger partial charge in [-0.15, -0.1) is 0 Å². The van der Waals surface area contributed by atoms with Gasteiger partial charge in [0.1, 0.15) is 11.4 Å². The Labute approximate surface area is 123 Å². The van der Waals surface area contributed by atoms with Crippen LogP contribution in [0.3, 0.4) is 0 Å². The molecule has 114 valence electrons. The number of carbonyl (C=O) groups excluding carboxylic acids is 2. The van der Waals surface area contributed by atoms with Crippen LogP contribution >= 0.6 is 0 Å². The number of pyridine rings is 1. The van der Waals surface area contributed by atoms with Crippen molar-refractivity contribution in [2.45, 2.75) is 13.0 Å². The van der Waals surface area contributed by atoms with Crippen molar-refractivity contribution < 1.29 is 19.1 Å². The number of amides is 2. The van der Waals surface area contributed by atoms with Crippen molar-refractivity contribution in [1.82, 2.24) is 15.2 Å². The Hall–Kier alpha value is -2.15. The van der Waals surface area contributed by atoms with Gasteiger partial charge in [0.25, 0.3) is 5.91 Å². The van der Waals surface area contributed by atoms with Gasteiger partial charge in [0, 0.05) is 38.8 Å². The Morgan fingerprint density at radius 2 is 2.38 bits per heavy atom. The van der Waals surface area contributed by atoms with E-state index in [1.54, 1.807) is 17.0 Å². The van der Waals surface area contributed by atoms with Crippen LogP contribution in [0.2, 0.25) is 0 Å². The van der Waals surface area contributed by atoms with Gasteiger partial charge in [0.05, 0.1) is 19.8 Å². The SMILES string of the molecule is COc1ccnc(C(=O)NC[C@@H]2CN(C(C)=O)CCO2)c1. The molecular formula is C14H19N3O4. The molecule has 1 atom stereocenters. The van der Waals surface area contributed by atoms with E-state index in [1.807, 2.05) is 0 Å². The van der Waals surface area contributed by atoms with Crippen LogP contribution in [0.15, 0.2) is 18.3 Å². The molecule has 0 bridgehead atoms. The molecule has 7 nitrogen and oxygen atoms in total. The van der Waals surface area contributed by atoms with Crippen LogP contribution in [0.4, 0.5) is 0 Å². The minimum absolute atomic E-state index is 0.0177. The van der Waals surface area contributed by atoms with E-state index in [0.29, 0.717) is 32.0 Å². The number of aromatic nitrogens is 1. The number of rotatable bonds is 4. The van der Waals surface area contributed by atoms with Crippen LogP contribution in [0.5, 0.6) is 5.75 Å². The molecular weight excluding hydrogens is 274 g/mol. The number of ether oxygens (including phenoxy) is 2. The van der Waals surface area contributed by atoms with E-state index in [-0.39, 0.29) is 23.6 Å². The van der Waals surface area contributed by atoms with Gasteiger partial charge in [-0.25, -0.2) is 0 Å². The average Bonchev–Trinajstić information content (AvgIpc) is 2.53. The van der Waals surface area contributed by atoms with Gasteiger partial charge in [-0.1, -0.05) is 0 Å². The molecule has 21 heavy (non-hydrogen) atoms. The predicted octanol–water partition coefficient (Wildman–Crippen LogP) is 0.0673. The first kappa shape index (κ1) is 15.2. The Morgan fingerprint density at radius 3 is 3.10 bits per heavy atom. The number of carbonyl (C=O) groups is 2. The Morgan fingerprint density at radius 1 is 1.57 bits per heavy atom. The van der Waals surface area contributed by atoms with E-state index >= 15 is 0 Å². The zero-order valence-electron chi connectivity index (χ0n) is 12.2. The Bertz CT molecular complexity index is 521. The monoisotopic (exact) mass is 293 g/mol. The van der Waals surface area contributed by atoms with Crippen molar-refractivity contribution in [1.29, 1.82) is 0 Å². The lowest BCUT2D eigenvalue weighted by Crippen LogP contribution is -2.49. The summed E-state index contributed by atoms with van der Waals surface area (Å²) >= 11 is 0. The van der Waals surface area contributed by atoms with Crippen LogP contribution in [-0.2, 0) is 9.53 Å². The zero-order valence-corrected chi connectivity index (χ0v) is 12.2. The van der Waals surface area contributed by atoms with Gasteiger partial charge >= 0.3 is 0 Å². The first-order valence-electron chi connectivity index (χ1n) is 6.75. The molecule has 1 aliphatic rings. The summed E-state index contributed by atoms with van der Waals surface area (Å²) in [5.41, 5.74) is 0.286. The molecule has 1 aromatic heterocycles.